The standard InChI is InChI=1S/C26H40N7O19P3S/c1-13(25(39)40)8-16(35)56-7-6-28-15(34)4-5-29-23(38)20(37)26(2,3)10-49-55(46,47)52-54(44,45)48-9-14-19(51-53(41,42)43)18(36)24(50-14)33-12-32-17-21(27)30-11-31-22(17)33/h11-12,14,18-20,24,36-37H,1,4-10H2,2-3H3,(H,28,34)(H,29,38)(H,39,40)(H,44,45)(H,46,47)(H2,27,30,31)(H2,41,42,43). The summed E-state index contributed by atoms with van der Waals surface area (Å²) < 4.78 is 61.9. The summed E-state index contributed by atoms with van der Waals surface area (Å²) in [7, 11) is -16.5. The number of carboxylic acid groups (broad SMARTS) is 1. The molecule has 7 atom stereocenters. The molecule has 56 heavy (non-hydrogen) atoms. The average molecular weight is 880 g/mol. The number of carboxylic acids is 1. The Balaban J connectivity index is 1.49. The molecule has 0 aromatic carbocycles. The zero-order valence-corrected chi connectivity index (χ0v) is 32.8. The van der Waals surface area contributed by atoms with Crippen molar-refractivity contribution in [2.24, 2.45) is 5.41 Å². The molecule has 1 aliphatic heterocycles. The largest absolute Gasteiger partial charge is 0.481 e. The van der Waals surface area contributed by atoms with Crippen LogP contribution < -0.4 is 16.4 Å². The van der Waals surface area contributed by atoms with Gasteiger partial charge in [-0.1, -0.05) is 32.2 Å². The van der Waals surface area contributed by atoms with Gasteiger partial charge in [0.15, 0.2) is 22.8 Å². The van der Waals surface area contributed by atoms with E-state index in [1.165, 1.54) is 13.8 Å². The third-order valence-electron chi connectivity index (χ3n) is 7.43. The highest BCUT2D eigenvalue weighted by Crippen LogP contribution is 2.61. The minimum atomic E-state index is -5.59. The van der Waals surface area contributed by atoms with Crippen LogP contribution in [0.25, 0.3) is 11.2 Å². The second-order valence-electron chi connectivity index (χ2n) is 12.4. The minimum Gasteiger partial charge on any atom is -0.478 e. The minimum absolute atomic E-state index is 0.0176. The number of anilines is 1. The van der Waals surface area contributed by atoms with E-state index in [2.05, 4.69) is 41.0 Å². The first-order valence-electron chi connectivity index (χ1n) is 15.8. The van der Waals surface area contributed by atoms with Crippen LogP contribution in [0.2, 0.25) is 0 Å². The topological polar surface area (TPSA) is 401 Å². The summed E-state index contributed by atoms with van der Waals surface area (Å²) in [6, 6.07) is 0. The molecule has 1 saturated heterocycles. The van der Waals surface area contributed by atoms with E-state index in [4.69, 9.17) is 24.6 Å². The van der Waals surface area contributed by atoms with E-state index < -0.39 is 95.6 Å². The van der Waals surface area contributed by atoms with E-state index in [9.17, 15) is 62.7 Å². The molecule has 1 aliphatic rings. The fourth-order valence-corrected chi connectivity index (χ4v) is 8.13. The number of nitrogens with zero attached hydrogens (tertiary/aromatic N) is 4. The molecule has 1 fully saturated rings. The van der Waals surface area contributed by atoms with E-state index in [1.54, 1.807) is 0 Å². The fraction of sp³-hybridized carbons (Fsp3) is 0.577. The van der Waals surface area contributed by atoms with Crippen LogP contribution >= 0.6 is 35.2 Å². The van der Waals surface area contributed by atoms with Crippen LogP contribution in [0.5, 0.6) is 0 Å². The van der Waals surface area contributed by atoms with Crippen molar-refractivity contribution in [1.82, 2.24) is 30.2 Å². The Bertz CT molecular complexity index is 1930. The van der Waals surface area contributed by atoms with Gasteiger partial charge in [-0.2, -0.15) is 4.31 Å². The van der Waals surface area contributed by atoms with Crippen LogP contribution in [0, 0.1) is 5.41 Å². The average Bonchev–Trinajstić information content (AvgIpc) is 3.64. The number of aliphatic carboxylic acids is 1. The lowest BCUT2D eigenvalue weighted by atomic mass is 9.87. The first kappa shape index (κ1) is 47.1. The molecule has 2 amide bonds. The van der Waals surface area contributed by atoms with Gasteiger partial charge in [0, 0.05) is 42.7 Å². The maximum Gasteiger partial charge on any atom is 0.481 e. The number of fused-ring (bicyclic) bond motifs is 1. The Labute approximate surface area is 320 Å². The molecule has 3 rings (SSSR count). The number of aliphatic hydroxyl groups excluding tert-OH is 2. The molecular weight excluding hydrogens is 839 g/mol. The Morgan fingerprint density at radius 3 is 2.38 bits per heavy atom. The van der Waals surface area contributed by atoms with Crippen molar-refractivity contribution in [3.63, 3.8) is 0 Å². The maximum atomic E-state index is 12.7. The van der Waals surface area contributed by atoms with E-state index >= 15 is 0 Å². The van der Waals surface area contributed by atoms with E-state index in [1.807, 2.05) is 0 Å². The van der Waals surface area contributed by atoms with Gasteiger partial charge in [0.2, 0.25) is 11.8 Å². The van der Waals surface area contributed by atoms with Gasteiger partial charge >= 0.3 is 29.4 Å². The molecule has 0 spiro atoms. The van der Waals surface area contributed by atoms with Gasteiger partial charge in [-0.25, -0.2) is 33.4 Å². The number of rotatable bonds is 22. The lowest BCUT2D eigenvalue weighted by Crippen LogP contribution is -2.46. The number of hydrogen-bond acceptors (Lipinski definition) is 19. The number of thioether (sulfide) groups is 1. The fourth-order valence-electron chi connectivity index (χ4n) is 4.60. The number of phosphoric ester groups is 3. The molecule has 0 bridgehead atoms. The Hall–Kier alpha value is -3.23. The Morgan fingerprint density at radius 1 is 1.07 bits per heavy atom. The molecule has 2 aromatic rings. The zero-order valence-electron chi connectivity index (χ0n) is 29.3. The number of carbonyl (C=O) groups excluding carboxylic acids is 3. The van der Waals surface area contributed by atoms with Crippen LogP contribution in [0.3, 0.4) is 0 Å². The van der Waals surface area contributed by atoms with Crippen molar-refractivity contribution in [2.75, 3.05) is 37.8 Å². The number of ether oxygens (including phenoxy) is 1. The summed E-state index contributed by atoms with van der Waals surface area (Å²) >= 11 is 0.792. The van der Waals surface area contributed by atoms with Crippen LogP contribution in [0.4, 0.5) is 5.82 Å². The predicted molar refractivity (Wildman–Crippen MR) is 188 cm³/mol. The molecule has 0 aliphatic carbocycles. The smallest absolute Gasteiger partial charge is 0.478 e. The van der Waals surface area contributed by atoms with Gasteiger partial charge in [0.1, 0.15) is 36.3 Å². The Kier molecular flexibility index (Phi) is 16.4. The molecule has 3 heterocycles. The SMILES string of the molecule is C=C(CC(=O)SCCNC(=O)CCNC(=O)C(O)C(C)(C)COP(=O)(O)OP(=O)(O)OCC1OC(n2cnc3c(N)ncnc32)C(O)C1OP(=O)(O)O)C(=O)O. The van der Waals surface area contributed by atoms with Crippen LogP contribution in [0.1, 0.15) is 32.9 Å². The zero-order chi connectivity index (χ0) is 42.2. The highest BCUT2D eigenvalue weighted by atomic mass is 32.2. The third-order valence-corrected chi connectivity index (χ3v) is 11.4. The predicted octanol–water partition coefficient (Wildman–Crippen LogP) is -1.30. The van der Waals surface area contributed by atoms with E-state index in [-0.39, 0.29) is 54.2 Å². The number of hydrogen-bond donors (Lipinski definition) is 10. The molecular formula is C26H40N7O19P3S. The van der Waals surface area contributed by atoms with Gasteiger partial charge in [0.05, 0.1) is 19.5 Å². The monoisotopic (exact) mass is 879 g/mol. The lowest BCUT2D eigenvalue weighted by molar-refractivity contribution is -0.137. The van der Waals surface area contributed by atoms with Crippen LogP contribution in [-0.2, 0) is 55.5 Å². The van der Waals surface area contributed by atoms with Crippen LogP contribution in [0.15, 0.2) is 24.8 Å². The lowest BCUT2D eigenvalue weighted by Gasteiger charge is -2.30. The first-order chi connectivity index (χ1) is 25.8. The van der Waals surface area contributed by atoms with Gasteiger partial charge in [-0.15, -0.1) is 0 Å². The molecule has 30 heteroatoms. The first-order valence-corrected chi connectivity index (χ1v) is 21.3. The number of nitrogens with two attached hydrogens (primary N) is 1. The van der Waals surface area contributed by atoms with Crippen molar-refractivity contribution in [3.8, 4) is 0 Å². The van der Waals surface area contributed by atoms with Crippen molar-refractivity contribution < 1.29 is 90.4 Å². The van der Waals surface area contributed by atoms with Gasteiger partial charge in [-0.05, 0) is 0 Å². The number of aliphatic hydroxyl groups is 2. The molecule has 26 nitrogen and oxygen atoms in total. The molecule has 11 N–H and O–H groups in total. The summed E-state index contributed by atoms with van der Waals surface area (Å²) in [5.74, 6) is -2.78. The van der Waals surface area contributed by atoms with Crippen molar-refractivity contribution >= 4 is 75.1 Å². The van der Waals surface area contributed by atoms with Crippen LogP contribution in [-0.4, -0.2) is 134 Å². The Morgan fingerprint density at radius 2 is 1.73 bits per heavy atom. The highest BCUT2D eigenvalue weighted by molar-refractivity contribution is 8.13. The van der Waals surface area contributed by atoms with E-state index in [0.29, 0.717) is 0 Å². The molecule has 0 radical (unpaired) electrons. The number of nitrogen functional groups attached to an aromatic ring is 1. The molecule has 314 valence electrons. The summed E-state index contributed by atoms with van der Waals surface area (Å²) in [5.41, 5.74) is 3.91. The van der Waals surface area contributed by atoms with Gasteiger partial charge in [-0.3, -0.25) is 32.5 Å². The highest BCUT2D eigenvalue weighted by Gasteiger charge is 2.50. The third kappa shape index (κ3) is 14.0. The van der Waals surface area contributed by atoms with Gasteiger partial charge in [0.25, 0.3) is 0 Å². The number of amides is 2. The van der Waals surface area contributed by atoms with Crippen molar-refractivity contribution in [2.45, 2.75) is 57.3 Å². The normalized spacial score (nSPS) is 21.5. The summed E-state index contributed by atoms with van der Waals surface area (Å²) in [5, 5.41) is 34.4. The number of imidazole rings is 1. The number of phosphoric acid groups is 3. The quantitative estimate of drug-likeness (QED) is 0.0373. The van der Waals surface area contributed by atoms with Crippen molar-refractivity contribution in [3.05, 3.63) is 24.8 Å². The summed E-state index contributed by atoms with van der Waals surface area (Å²) in [6.07, 6.45) is -7.49. The summed E-state index contributed by atoms with van der Waals surface area (Å²) in [4.78, 5) is 97.8. The number of carbonyl (C=O) groups is 4. The van der Waals surface area contributed by atoms with E-state index in [0.717, 1.165) is 29.0 Å². The number of nitrogens with one attached hydrogen (secondary N) is 2. The molecule has 0 saturated carbocycles. The molecule has 7 unspecified atom stereocenters. The second-order valence-corrected chi connectivity index (χ2v) is 17.8. The molecule has 2 aromatic heterocycles. The number of aromatic nitrogens is 4. The second kappa shape index (κ2) is 19.5. The van der Waals surface area contributed by atoms with Crippen molar-refractivity contribution in [1.29, 1.82) is 0 Å². The maximum absolute atomic E-state index is 12.7. The summed E-state index contributed by atoms with van der Waals surface area (Å²) in [6.45, 7) is 3.40. The van der Waals surface area contributed by atoms with Gasteiger partial charge < -0.3 is 56.0 Å².